The molecule has 0 unspecified atom stereocenters. The zero-order valence-corrected chi connectivity index (χ0v) is 7.87. The molecule has 0 saturated carbocycles. The maximum atomic E-state index is 12.8. The lowest BCUT2D eigenvalue weighted by Crippen LogP contribution is -1.94. The van der Waals surface area contributed by atoms with Crippen LogP contribution in [-0.4, -0.2) is 15.4 Å². The Morgan fingerprint density at radius 1 is 1.13 bits per heavy atom. The van der Waals surface area contributed by atoms with Gasteiger partial charge in [0, 0.05) is 0 Å². The number of hydrogen-bond donors (Lipinski definition) is 1. The fourth-order valence-corrected chi connectivity index (χ4v) is 1.31. The monoisotopic (exact) mass is 209 g/mol. The van der Waals surface area contributed by atoms with Crippen molar-refractivity contribution in [2.75, 3.05) is 0 Å². The first-order valence-electron chi connectivity index (χ1n) is 4.54. The lowest BCUT2D eigenvalue weighted by Gasteiger charge is -1.99. The van der Waals surface area contributed by atoms with Gasteiger partial charge < -0.3 is 0 Å². The Bertz CT molecular complexity index is 440. The van der Waals surface area contributed by atoms with Crippen molar-refractivity contribution < 1.29 is 8.78 Å². The van der Waals surface area contributed by atoms with Crippen molar-refractivity contribution in [2.24, 2.45) is 0 Å². The van der Waals surface area contributed by atoms with Crippen molar-refractivity contribution in [1.82, 2.24) is 15.4 Å². The van der Waals surface area contributed by atoms with E-state index in [1.54, 1.807) is 12.3 Å². The highest BCUT2D eigenvalue weighted by Crippen LogP contribution is 2.10. The summed E-state index contributed by atoms with van der Waals surface area (Å²) in [5.41, 5.74) is 1.55. The molecule has 0 aliphatic heterocycles. The van der Waals surface area contributed by atoms with E-state index in [1.165, 1.54) is 6.07 Å². The number of aryl methyl sites for hydroxylation is 2. The first-order valence-corrected chi connectivity index (χ1v) is 4.54. The van der Waals surface area contributed by atoms with Crippen molar-refractivity contribution in [1.29, 1.82) is 0 Å². The van der Waals surface area contributed by atoms with E-state index in [9.17, 15) is 8.78 Å². The third-order valence-electron chi connectivity index (χ3n) is 2.12. The van der Waals surface area contributed by atoms with Gasteiger partial charge in [-0.15, -0.1) is 0 Å². The second-order valence-corrected chi connectivity index (χ2v) is 3.21. The van der Waals surface area contributed by atoms with E-state index in [-0.39, 0.29) is 0 Å². The number of hydrogen-bond acceptors (Lipinski definition) is 2. The number of aromatic nitrogens is 3. The summed E-state index contributed by atoms with van der Waals surface area (Å²) in [6.07, 6.45) is 2.88. The predicted octanol–water partition coefficient (Wildman–Crippen LogP) is 1.87. The summed E-state index contributed by atoms with van der Waals surface area (Å²) in [6.45, 7) is 0. The molecule has 3 nitrogen and oxygen atoms in total. The number of halogens is 2. The molecule has 1 heterocycles. The van der Waals surface area contributed by atoms with Gasteiger partial charge in [0.2, 0.25) is 0 Å². The Labute approximate surface area is 85.1 Å². The Morgan fingerprint density at radius 3 is 2.67 bits per heavy atom. The van der Waals surface area contributed by atoms with E-state index in [0.717, 1.165) is 17.3 Å². The molecule has 2 aromatic rings. The maximum absolute atomic E-state index is 12.8. The molecule has 0 fully saturated rings. The molecule has 0 radical (unpaired) electrons. The molecule has 1 aromatic heterocycles. The van der Waals surface area contributed by atoms with E-state index in [1.807, 2.05) is 0 Å². The lowest BCUT2D eigenvalue weighted by atomic mass is 10.1. The SMILES string of the molecule is Fc1ccc(CCc2cn[nH]n2)cc1F. The van der Waals surface area contributed by atoms with Gasteiger partial charge in [-0.1, -0.05) is 6.07 Å². The number of rotatable bonds is 3. The standard InChI is InChI=1S/C10H9F2N3/c11-9-4-2-7(5-10(9)12)1-3-8-6-13-15-14-8/h2,4-6H,1,3H2,(H,13,14,15). The highest BCUT2D eigenvalue weighted by atomic mass is 19.2. The van der Waals surface area contributed by atoms with Gasteiger partial charge in [0.15, 0.2) is 11.6 Å². The maximum Gasteiger partial charge on any atom is 0.159 e. The molecular weight excluding hydrogens is 200 g/mol. The highest BCUT2D eigenvalue weighted by molar-refractivity contribution is 5.18. The zero-order chi connectivity index (χ0) is 10.7. The number of H-pyrrole nitrogens is 1. The van der Waals surface area contributed by atoms with Gasteiger partial charge in [0.05, 0.1) is 11.9 Å². The van der Waals surface area contributed by atoms with Gasteiger partial charge in [0.1, 0.15) is 0 Å². The highest BCUT2D eigenvalue weighted by Gasteiger charge is 2.03. The molecule has 1 aromatic carbocycles. The Balaban J connectivity index is 2.02. The number of benzene rings is 1. The molecule has 0 amide bonds. The molecule has 0 aliphatic carbocycles. The minimum absolute atomic E-state index is 0.615. The molecule has 1 N–H and O–H groups in total. The van der Waals surface area contributed by atoms with Crippen LogP contribution < -0.4 is 0 Å². The Morgan fingerprint density at radius 2 is 2.00 bits per heavy atom. The number of nitrogens with zero attached hydrogens (tertiary/aromatic N) is 2. The van der Waals surface area contributed by atoms with Gasteiger partial charge in [0.25, 0.3) is 0 Å². The van der Waals surface area contributed by atoms with E-state index in [0.29, 0.717) is 12.8 Å². The predicted molar refractivity (Wildman–Crippen MR) is 50.1 cm³/mol. The minimum Gasteiger partial charge on any atom is -0.204 e. The molecule has 5 heteroatoms. The van der Waals surface area contributed by atoms with Crippen LogP contribution in [0.25, 0.3) is 0 Å². The van der Waals surface area contributed by atoms with Gasteiger partial charge in [-0.05, 0) is 30.5 Å². The van der Waals surface area contributed by atoms with Crippen LogP contribution in [0.5, 0.6) is 0 Å². The van der Waals surface area contributed by atoms with Crippen molar-refractivity contribution >= 4 is 0 Å². The average molecular weight is 209 g/mol. The Hall–Kier alpha value is -1.78. The molecule has 0 aliphatic rings. The van der Waals surface area contributed by atoms with Crippen LogP contribution in [0.1, 0.15) is 11.3 Å². The van der Waals surface area contributed by atoms with Crippen LogP contribution in [0.4, 0.5) is 8.78 Å². The van der Waals surface area contributed by atoms with Crippen LogP contribution in [0, 0.1) is 11.6 Å². The largest absolute Gasteiger partial charge is 0.204 e. The number of nitrogens with one attached hydrogen (secondary N) is 1. The van der Waals surface area contributed by atoms with Crippen molar-refractivity contribution in [2.45, 2.75) is 12.8 Å². The Kier molecular flexibility index (Phi) is 2.71. The van der Waals surface area contributed by atoms with Crippen LogP contribution in [-0.2, 0) is 12.8 Å². The van der Waals surface area contributed by atoms with Crippen LogP contribution in [0.3, 0.4) is 0 Å². The van der Waals surface area contributed by atoms with Crippen LogP contribution in [0.15, 0.2) is 24.4 Å². The summed E-state index contributed by atoms with van der Waals surface area (Å²) in [5.74, 6) is -1.63. The van der Waals surface area contributed by atoms with Gasteiger partial charge in [-0.3, -0.25) is 0 Å². The lowest BCUT2D eigenvalue weighted by molar-refractivity contribution is 0.507. The van der Waals surface area contributed by atoms with Gasteiger partial charge >= 0.3 is 0 Å². The normalized spacial score (nSPS) is 10.5. The fourth-order valence-electron chi connectivity index (χ4n) is 1.31. The summed E-state index contributed by atoms with van der Waals surface area (Å²) >= 11 is 0. The fraction of sp³-hybridized carbons (Fsp3) is 0.200. The molecule has 0 atom stereocenters. The summed E-state index contributed by atoms with van der Waals surface area (Å²) in [4.78, 5) is 0. The smallest absolute Gasteiger partial charge is 0.159 e. The number of aromatic amines is 1. The minimum atomic E-state index is -0.819. The van der Waals surface area contributed by atoms with Crippen LogP contribution in [0.2, 0.25) is 0 Å². The molecule has 0 saturated heterocycles. The summed E-state index contributed by atoms with van der Waals surface area (Å²) in [7, 11) is 0. The summed E-state index contributed by atoms with van der Waals surface area (Å²) in [5, 5.41) is 10.0. The van der Waals surface area contributed by atoms with Gasteiger partial charge in [-0.25, -0.2) is 8.78 Å². The molecule has 0 spiro atoms. The van der Waals surface area contributed by atoms with Gasteiger partial charge in [-0.2, -0.15) is 15.4 Å². The third-order valence-corrected chi connectivity index (χ3v) is 2.12. The third kappa shape index (κ3) is 2.37. The van der Waals surface area contributed by atoms with Crippen molar-refractivity contribution in [3.8, 4) is 0 Å². The first-order chi connectivity index (χ1) is 7.25. The van der Waals surface area contributed by atoms with E-state index >= 15 is 0 Å². The first kappa shape index (κ1) is 9.76. The summed E-state index contributed by atoms with van der Waals surface area (Å²) < 4.78 is 25.4. The summed E-state index contributed by atoms with van der Waals surface area (Å²) in [6, 6.07) is 3.90. The average Bonchev–Trinajstić information content (AvgIpc) is 2.73. The molecule has 2 rings (SSSR count). The molecular formula is C10H9F2N3. The van der Waals surface area contributed by atoms with Crippen LogP contribution >= 0.6 is 0 Å². The molecule has 78 valence electrons. The van der Waals surface area contributed by atoms with Crippen molar-refractivity contribution in [3.05, 3.63) is 47.3 Å². The topological polar surface area (TPSA) is 41.6 Å². The molecule has 15 heavy (non-hydrogen) atoms. The van der Waals surface area contributed by atoms with E-state index in [2.05, 4.69) is 15.4 Å². The van der Waals surface area contributed by atoms with E-state index in [4.69, 9.17) is 0 Å². The molecule has 0 bridgehead atoms. The van der Waals surface area contributed by atoms with Crippen molar-refractivity contribution in [3.63, 3.8) is 0 Å². The quantitative estimate of drug-likeness (QED) is 0.838. The second-order valence-electron chi connectivity index (χ2n) is 3.21. The second kappa shape index (κ2) is 4.16. The van der Waals surface area contributed by atoms with E-state index < -0.39 is 11.6 Å². The zero-order valence-electron chi connectivity index (χ0n) is 7.87.